The van der Waals surface area contributed by atoms with Gasteiger partial charge in [-0.1, -0.05) is 12.1 Å². The van der Waals surface area contributed by atoms with Crippen LogP contribution in [0.5, 0.6) is 0 Å². The molecule has 1 aromatic heterocycles. The first-order chi connectivity index (χ1) is 9.17. The quantitative estimate of drug-likeness (QED) is 0.896. The van der Waals surface area contributed by atoms with E-state index in [-0.39, 0.29) is 5.82 Å². The molecular formula is C15H18FN3. The largest absolute Gasteiger partial charge is 0.325 e. The van der Waals surface area contributed by atoms with E-state index in [0.717, 1.165) is 24.3 Å². The number of hydrogen-bond acceptors (Lipinski definition) is 3. The lowest BCUT2D eigenvalue weighted by molar-refractivity contribution is 0.318. The SMILES string of the molecule is CN(Cc1ccc(F)cc1)Cc1ccnc(CN)c1. The van der Waals surface area contributed by atoms with Crippen molar-refractivity contribution in [2.75, 3.05) is 7.05 Å². The van der Waals surface area contributed by atoms with Crippen LogP contribution < -0.4 is 5.73 Å². The predicted octanol–water partition coefficient (Wildman–Crippen LogP) is 2.31. The molecule has 0 aliphatic rings. The van der Waals surface area contributed by atoms with Crippen LogP contribution in [0.4, 0.5) is 4.39 Å². The molecule has 0 fully saturated rings. The fraction of sp³-hybridized carbons (Fsp3) is 0.267. The maximum atomic E-state index is 12.8. The van der Waals surface area contributed by atoms with Crippen molar-refractivity contribution in [2.45, 2.75) is 19.6 Å². The van der Waals surface area contributed by atoms with Gasteiger partial charge in [-0.15, -0.1) is 0 Å². The standard InChI is InChI=1S/C15H18FN3/c1-19(10-12-2-4-14(16)5-3-12)11-13-6-7-18-15(8-13)9-17/h2-8H,9-11,17H2,1H3. The molecule has 0 aliphatic heterocycles. The average Bonchev–Trinajstić information content (AvgIpc) is 2.41. The van der Waals surface area contributed by atoms with Crippen molar-refractivity contribution in [2.24, 2.45) is 5.73 Å². The molecule has 100 valence electrons. The van der Waals surface area contributed by atoms with Gasteiger partial charge in [-0.2, -0.15) is 0 Å². The minimum Gasteiger partial charge on any atom is -0.325 e. The van der Waals surface area contributed by atoms with Gasteiger partial charge in [-0.05, 0) is 42.4 Å². The summed E-state index contributed by atoms with van der Waals surface area (Å²) >= 11 is 0. The van der Waals surface area contributed by atoms with E-state index in [0.29, 0.717) is 6.54 Å². The van der Waals surface area contributed by atoms with E-state index in [2.05, 4.69) is 9.88 Å². The van der Waals surface area contributed by atoms with Gasteiger partial charge in [0.1, 0.15) is 5.82 Å². The summed E-state index contributed by atoms with van der Waals surface area (Å²) < 4.78 is 12.8. The summed E-state index contributed by atoms with van der Waals surface area (Å²) in [6.07, 6.45) is 1.78. The van der Waals surface area contributed by atoms with Gasteiger partial charge in [0.2, 0.25) is 0 Å². The molecular weight excluding hydrogens is 241 g/mol. The van der Waals surface area contributed by atoms with Crippen molar-refractivity contribution >= 4 is 0 Å². The van der Waals surface area contributed by atoms with Crippen molar-refractivity contribution in [1.29, 1.82) is 0 Å². The summed E-state index contributed by atoms with van der Waals surface area (Å²) in [5, 5.41) is 0. The van der Waals surface area contributed by atoms with Gasteiger partial charge < -0.3 is 5.73 Å². The van der Waals surface area contributed by atoms with E-state index in [9.17, 15) is 4.39 Å². The highest BCUT2D eigenvalue weighted by Gasteiger charge is 2.03. The molecule has 0 saturated heterocycles. The van der Waals surface area contributed by atoms with Gasteiger partial charge in [0.05, 0.1) is 5.69 Å². The molecule has 0 atom stereocenters. The third kappa shape index (κ3) is 4.12. The third-order valence-electron chi connectivity index (χ3n) is 2.91. The van der Waals surface area contributed by atoms with Crippen LogP contribution in [-0.2, 0) is 19.6 Å². The minimum atomic E-state index is -0.201. The molecule has 0 saturated carbocycles. The number of nitrogens with two attached hydrogens (primary N) is 1. The van der Waals surface area contributed by atoms with Gasteiger partial charge in [0.15, 0.2) is 0 Å². The number of hydrogen-bond donors (Lipinski definition) is 1. The molecule has 0 unspecified atom stereocenters. The molecule has 0 aliphatic carbocycles. The Morgan fingerprint density at radius 2 is 1.79 bits per heavy atom. The molecule has 3 nitrogen and oxygen atoms in total. The van der Waals surface area contributed by atoms with Gasteiger partial charge in [0, 0.05) is 25.8 Å². The summed E-state index contributed by atoms with van der Waals surface area (Å²) in [5.41, 5.74) is 8.75. The van der Waals surface area contributed by atoms with E-state index in [1.165, 1.54) is 17.7 Å². The smallest absolute Gasteiger partial charge is 0.123 e. The van der Waals surface area contributed by atoms with Crippen molar-refractivity contribution in [3.63, 3.8) is 0 Å². The molecule has 0 bridgehead atoms. The predicted molar refractivity (Wildman–Crippen MR) is 73.7 cm³/mol. The minimum absolute atomic E-state index is 0.201. The molecule has 2 N–H and O–H groups in total. The lowest BCUT2D eigenvalue weighted by Crippen LogP contribution is -2.17. The van der Waals surface area contributed by atoms with Crippen molar-refractivity contribution < 1.29 is 4.39 Å². The lowest BCUT2D eigenvalue weighted by Gasteiger charge is -2.17. The normalized spacial score (nSPS) is 10.9. The Kier molecular flexibility index (Phi) is 4.60. The summed E-state index contributed by atoms with van der Waals surface area (Å²) in [5.74, 6) is -0.201. The first-order valence-corrected chi connectivity index (χ1v) is 6.24. The zero-order chi connectivity index (χ0) is 13.7. The van der Waals surface area contributed by atoms with Gasteiger partial charge in [-0.25, -0.2) is 4.39 Å². The fourth-order valence-electron chi connectivity index (χ4n) is 2.01. The number of aromatic nitrogens is 1. The van der Waals surface area contributed by atoms with E-state index >= 15 is 0 Å². The van der Waals surface area contributed by atoms with Crippen LogP contribution in [0.3, 0.4) is 0 Å². The van der Waals surface area contributed by atoms with Crippen LogP contribution in [0.15, 0.2) is 42.6 Å². The second-order valence-corrected chi connectivity index (χ2v) is 4.66. The Morgan fingerprint density at radius 3 is 2.47 bits per heavy atom. The van der Waals surface area contributed by atoms with Crippen LogP contribution in [0.1, 0.15) is 16.8 Å². The van der Waals surface area contributed by atoms with E-state index in [1.54, 1.807) is 6.20 Å². The van der Waals surface area contributed by atoms with Crippen LogP contribution in [-0.4, -0.2) is 16.9 Å². The second-order valence-electron chi connectivity index (χ2n) is 4.66. The molecule has 4 heteroatoms. The first kappa shape index (κ1) is 13.6. The Labute approximate surface area is 112 Å². The summed E-state index contributed by atoms with van der Waals surface area (Å²) in [6, 6.07) is 10.6. The Hall–Kier alpha value is -1.78. The zero-order valence-electron chi connectivity index (χ0n) is 11.0. The van der Waals surface area contributed by atoms with Crippen LogP contribution in [0.2, 0.25) is 0 Å². The average molecular weight is 259 g/mol. The lowest BCUT2D eigenvalue weighted by atomic mass is 10.2. The van der Waals surface area contributed by atoms with Crippen LogP contribution in [0, 0.1) is 5.82 Å². The molecule has 0 spiro atoms. The highest BCUT2D eigenvalue weighted by atomic mass is 19.1. The third-order valence-corrected chi connectivity index (χ3v) is 2.91. The summed E-state index contributed by atoms with van der Waals surface area (Å²) in [6.45, 7) is 2.04. The topological polar surface area (TPSA) is 42.2 Å². The monoisotopic (exact) mass is 259 g/mol. The van der Waals surface area contributed by atoms with Crippen molar-refractivity contribution in [3.05, 3.63) is 65.2 Å². The van der Waals surface area contributed by atoms with Gasteiger partial charge in [0.25, 0.3) is 0 Å². The highest BCUT2D eigenvalue weighted by molar-refractivity contribution is 5.18. The number of pyridine rings is 1. The van der Waals surface area contributed by atoms with Crippen LogP contribution in [0.25, 0.3) is 0 Å². The maximum Gasteiger partial charge on any atom is 0.123 e. The Balaban J connectivity index is 1.96. The molecule has 1 heterocycles. The summed E-state index contributed by atoms with van der Waals surface area (Å²) in [7, 11) is 2.03. The number of benzene rings is 1. The molecule has 19 heavy (non-hydrogen) atoms. The van der Waals surface area contributed by atoms with E-state index < -0.39 is 0 Å². The second kappa shape index (κ2) is 6.41. The first-order valence-electron chi connectivity index (χ1n) is 6.24. The summed E-state index contributed by atoms with van der Waals surface area (Å²) in [4.78, 5) is 6.34. The zero-order valence-corrected chi connectivity index (χ0v) is 11.0. The number of rotatable bonds is 5. The van der Waals surface area contributed by atoms with Gasteiger partial charge in [-0.3, -0.25) is 9.88 Å². The molecule has 0 amide bonds. The number of halogens is 1. The maximum absolute atomic E-state index is 12.8. The molecule has 2 rings (SSSR count). The van der Waals surface area contributed by atoms with Crippen LogP contribution >= 0.6 is 0 Å². The van der Waals surface area contributed by atoms with E-state index in [1.807, 2.05) is 31.3 Å². The molecule has 2 aromatic rings. The van der Waals surface area contributed by atoms with Gasteiger partial charge >= 0.3 is 0 Å². The van der Waals surface area contributed by atoms with Crippen molar-refractivity contribution in [1.82, 2.24) is 9.88 Å². The Bertz CT molecular complexity index is 525. The molecule has 0 radical (unpaired) electrons. The Morgan fingerprint density at radius 1 is 1.11 bits per heavy atom. The number of nitrogens with zero attached hydrogens (tertiary/aromatic N) is 2. The highest BCUT2D eigenvalue weighted by Crippen LogP contribution is 2.09. The molecule has 1 aromatic carbocycles. The van der Waals surface area contributed by atoms with Crippen molar-refractivity contribution in [3.8, 4) is 0 Å². The van der Waals surface area contributed by atoms with E-state index in [4.69, 9.17) is 5.73 Å². The fourth-order valence-corrected chi connectivity index (χ4v) is 2.01.